The van der Waals surface area contributed by atoms with Crippen molar-refractivity contribution in [2.75, 3.05) is 6.61 Å². The first-order valence-corrected chi connectivity index (χ1v) is 8.28. The van der Waals surface area contributed by atoms with Crippen LogP contribution in [0.2, 0.25) is 0 Å². The van der Waals surface area contributed by atoms with E-state index in [1.807, 2.05) is 36.0 Å². The summed E-state index contributed by atoms with van der Waals surface area (Å²) in [6, 6.07) is 20.6. The molecule has 3 unspecified atom stereocenters. The molecule has 0 aromatic heterocycles. The number of nitrogens with two attached hydrogens (primary N) is 1. The first kappa shape index (κ1) is 16.1. The molecule has 112 valence electrons. The van der Waals surface area contributed by atoms with E-state index in [2.05, 4.69) is 43.3 Å². The Kier molecular flexibility index (Phi) is 6.30. The molecule has 0 saturated carbocycles. The molecule has 3 N–H and O–H groups in total. The zero-order valence-corrected chi connectivity index (χ0v) is 13.2. The second-order valence-corrected chi connectivity index (χ2v) is 6.81. The monoisotopic (exact) mass is 301 g/mol. The maximum Gasteiger partial charge on any atom is 0.0492 e. The highest BCUT2D eigenvalue weighted by atomic mass is 32.2. The molecule has 3 heteroatoms. The first-order valence-electron chi connectivity index (χ1n) is 7.34. The number of hydrogen-bond acceptors (Lipinski definition) is 3. The lowest BCUT2D eigenvalue weighted by Crippen LogP contribution is -2.19. The van der Waals surface area contributed by atoms with Crippen molar-refractivity contribution in [3.05, 3.63) is 71.8 Å². The normalized spacial score (nSPS) is 15.4. The van der Waals surface area contributed by atoms with E-state index in [-0.39, 0.29) is 17.9 Å². The average Bonchev–Trinajstić information content (AvgIpc) is 2.54. The molecule has 0 aliphatic rings. The van der Waals surface area contributed by atoms with E-state index in [4.69, 9.17) is 10.8 Å². The van der Waals surface area contributed by atoms with Crippen molar-refractivity contribution in [2.24, 2.45) is 5.73 Å². The third-order valence-electron chi connectivity index (χ3n) is 3.55. The summed E-state index contributed by atoms with van der Waals surface area (Å²) in [7, 11) is 0. The van der Waals surface area contributed by atoms with Crippen LogP contribution in [-0.2, 0) is 0 Å². The molecule has 0 bridgehead atoms. The van der Waals surface area contributed by atoms with Crippen molar-refractivity contribution in [3.63, 3.8) is 0 Å². The average molecular weight is 301 g/mol. The highest BCUT2D eigenvalue weighted by Gasteiger charge is 2.23. The Balaban J connectivity index is 2.23. The van der Waals surface area contributed by atoms with Crippen LogP contribution in [0.1, 0.15) is 35.8 Å². The third-order valence-corrected chi connectivity index (χ3v) is 5.11. The summed E-state index contributed by atoms with van der Waals surface area (Å²) in [6.45, 7) is 2.37. The van der Waals surface area contributed by atoms with Gasteiger partial charge in [-0.25, -0.2) is 0 Å². The molecule has 2 aromatic carbocycles. The van der Waals surface area contributed by atoms with E-state index >= 15 is 0 Å². The van der Waals surface area contributed by atoms with Gasteiger partial charge in [0.1, 0.15) is 0 Å². The molecule has 0 aliphatic carbocycles. The fourth-order valence-electron chi connectivity index (χ4n) is 2.36. The van der Waals surface area contributed by atoms with Gasteiger partial charge in [-0.15, -0.1) is 11.8 Å². The number of thioether (sulfide) groups is 1. The fourth-order valence-corrected chi connectivity index (χ4v) is 3.75. The molecule has 21 heavy (non-hydrogen) atoms. The minimum atomic E-state index is -0.0558. The SMILES string of the molecule is CC(CCO)SC(c1ccccc1)C(N)c1ccccc1. The van der Waals surface area contributed by atoms with Crippen LogP contribution in [-0.4, -0.2) is 17.0 Å². The van der Waals surface area contributed by atoms with Crippen LogP contribution < -0.4 is 5.73 Å². The van der Waals surface area contributed by atoms with Crippen LogP contribution in [0.25, 0.3) is 0 Å². The molecule has 0 heterocycles. The minimum Gasteiger partial charge on any atom is -0.396 e. The summed E-state index contributed by atoms with van der Waals surface area (Å²) in [6.07, 6.45) is 0.787. The Morgan fingerprint density at radius 3 is 2.00 bits per heavy atom. The standard InChI is InChI=1S/C18H23NOS/c1-14(12-13-20)21-18(16-10-6-3-7-11-16)17(19)15-8-4-2-5-9-15/h2-11,14,17-18,20H,12-13,19H2,1H3. The summed E-state index contributed by atoms with van der Waals surface area (Å²) in [5, 5.41) is 9.69. The summed E-state index contributed by atoms with van der Waals surface area (Å²) in [4.78, 5) is 0. The number of aliphatic hydroxyl groups excluding tert-OH is 1. The van der Waals surface area contributed by atoms with E-state index in [1.54, 1.807) is 0 Å². The van der Waals surface area contributed by atoms with Crippen molar-refractivity contribution in [1.29, 1.82) is 0 Å². The molecule has 2 nitrogen and oxygen atoms in total. The predicted molar refractivity (Wildman–Crippen MR) is 91.3 cm³/mol. The lowest BCUT2D eigenvalue weighted by Gasteiger charge is -2.27. The largest absolute Gasteiger partial charge is 0.396 e. The van der Waals surface area contributed by atoms with Crippen molar-refractivity contribution < 1.29 is 5.11 Å². The molecule has 0 amide bonds. The van der Waals surface area contributed by atoms with Gasteiger partial charge in [0.15, 0.2) is 0 Å². The van der Waals surface area contributed by atoms with Crippen molar-refractivity contribution >= 4 is 11.8 Å². The lowest BCUT2D eigenvalue weighted by molar-refractivity contribution is 0.288. The van der Waals surface area contributed by atoms with E-state index in [0.29, 0.717) is 5.25 Å². The molecular weight excluding hydrogens is 278 g/mol. The topological polar surface area (TPSA) is 46.2 Å². The summed E-state index contributed by atoms with van der Waals surface area (Å²) < 4.78 is 0. The number of benzene rings is 2. The van der Waals surface area contributed by atoms with Crippen LogP contribution in [0.15, 0.2) is 60.7 Å². The first-order chi connectivity index (χ1) is 10.2. The van der Waals surface area contributed by atoms with Gasteiger partial charge in [-0.05, 0) is 17.5 Å². The summed E-state index contributed by atoms with van der Waals surface area (Å²) in [5.74, 6) is 0. The lowest BCUT2D eigenvalue weighted by atomic mass is 9.99. The Morgan fingerprint density at radius 2 is 1.48 bits per heavy atom. The minimum absolute atomic E-state index is 0.0558. The summed E-state index contributed by atoms with van der Waals surface area (Å²) >= 11 is 1.84. The molecule has 0 aliphatic heterocycles. The van der Waals surface area contributed by atoms with Crippen LogP contribution in [0.4, 0.5) is 0 Å². The van der Waals surface area contributed by atoms with Crippen LogP contribution in [0.5, 0.6) is 0 Å². The van der Waals surface area contributed by atoms with Gasteiger partial charge in [0.25, 0.3) is 0 Å². The second-order valence-electron chi connectivity index (χ2n) is 5.23. The zero-order chi connectivity index (χ0) is 15.1. The third kappa shape index (κ3) is 4.60. The van der Waals surface area contributed by atoms with Crippen LogP contribution in [0.3, 0.4) is 0 Å². The van der Waals surface area contributed by atoms with E-state index in [1.165, 1.54) is 5.56 Å². The molecule has 0 saturated heterocycles. The molecule has 0 radical (unpaired) electrons. The number of rotatable bonds is 7. The highest BCUT2D eigenvalue weighted by Crippen LogP contribution is 2.41. The summed E-state index contributed by atoms with van der Waals surface area (Å²) in [5.41, 5.74) is 8.92. The fraction of sp³-hybridized carbons (Fsp3) is 0.333. The van der Waals surface area contributed by atoms with Gasteiger partial charge in [0.05, 0.1) is 0 Å². The molecule has 2 aromatic rings. The highest BCUT2D eigenvalue weighted by molar-refractivity contribution is 8.00. The zero-order valence-electron chi connectivity index (χ0n) is 12.4. The van der Waals surface area contributed by atoms with E-state index in [0.717, 1.165) is 12.0 Å². The number of hydrogen-bond donors (Lipinski definition) is 2. The van der Waals surface area contributed by atoms with Crippen LogP contribution in [0, 0.1) is 0 Å². The predicted octanol–water partition coefficient (Wildman–Crippen LogP) is 3.93. The maximum absolute atomic E-state index is 9.13. The quantitative estimate of drug-likeness (QED) is 0.814. The van der Waals surface area contributed by atoms with Gasteiger partial charge < -0.3 is 10.8 Å². The van der Waals surface area contributed by atoms with Gasteiger partial charge in [0, 0.05) is 23.1 Å². The van der Waals surface area contributed by atoms with E-state index in [9.17, 15) is 0 Å². The van der Waals surface area contributed by atoms with Crippen LogP contribution >= 0.6 is 11.8 Å². The Morgan fingerprint density at radius 1 is 0.952 bits per heavy atom. The van der Waals surface area contributed by atoms with Gasteiger partial charge in [-0.1, -0.05) is 67.6 Å². The van der Waals surface area contributed by atoms with Crippen molar-refractivity contribution in [2.45, 2.75) is 29.9 Å². The number of aliphatic hydroxyl groups is 1. The molecular formula is C18H23NOS. The smallest absolute Gasteiger partial charge is 0.0492 e. The molecule has 0 spiro atoms. The van der Waals surface area contributed by atoms with Gasteiger partial charge in [-0.2, -0.15) is 0 Å². The maximum atomic E-state index is 9.13. The van der Waals surface area contributed by atoms with Gasteiger partial charge in [-0.3, -0.25) is 0 Å². The van der Waals surface area contributed by atoms with Gasteiger partial charge >= 0.3 is 0 Å². The van der Waals surface area contributed by atoms with E-state index < -0.39 is 0 Å². The Labute approximate surface area is 131 Å². The Bertz CT molecular complexity index is 517. The molecule has 2 rings (SSSR count). The van der Waals surface area contributed by atoms with Gasteiger partial charge in [0.2, 0.25) is 0 Å². The Hall–Kier alpha value is -1.29. The molecule has 0 fully saturated rings. The second kappa shape index (κ2) is 8.23. The molecule has 3 atom stereocenters. The van der Waals surface area contributed by atoms with Crippen molar-refractivity contribution in [3.8, 4) is 0 Å². The van der Waals surface area contributed by atoms with Crippen molar-refractivity contribution in [1.82, 2.24) is 0 Å².